The maximum Gasteiger partial charge on any atom is 0.274 e. The van der Waals surface area contributed by atoms with Gasteiger partial charge in [0.25, 0.3) is 5.91 Å². The first-order chi connectivity index (χ1) is 9.10. The number of aromatic nitrogens is 1. The molecule has 0 spiro atoms. The van der Waals surface area contributed by atoms with Gasteiger partial charge in [0.05, 0.1) is 5.69 Å². The molecule has 1 aromatic carbocycles. The lowest BCUT2D eigenvalue weighted by Gasteiger charge is -2.09. The van der Waals surface area contributed by atoms with Gasteiger partial charge < -0.3 is 10.7 Å². The predicted octanol–water partition coefficient (Wildman–Crippen LogP) is 2.24. The first kappa shape index (κ1) is 13.0. The van der Waals surface area contributed by atoms with Crippen molar-refractivity contribution in [1.29, 1.82) is 0 Å². The molecule has 0 aliphatic heterocycles. The molecular formula is C14H16N4O. The molecule has 0 aliphatic rings. The molecule has 0 bridgehead atoms. The molecule has 4 N–H and O–H groups in total. The Morgan fingerprint density at radius 3 is 2.74 bits per heavy atom. The van der Waals surface area contributed by atoms with Crippen LogP contribution in [-0.2, 0) is 0 Å². The fraction of sp³-hybridized carbons (Fsp3) is 0.143. The number of amides is 1. The Balaban J connectivity index is 2.22. The summed E-state index contributed by atoms with van der Waals surface area (Å²) in [5, 5.41) is 2.85. The van der Waals surface area contributed by atoms with Crippen LogP contribution in [0.5, 0.6) is 0 Å². The number of nitrogens with two attached hydrogens (primary N) is 1. The number of nitrogens with one attached hydrogen (secondary N) is 2. The number of benzene rings is 1. The van der Waals surface area contributed by atoms with Gasteiger partial charge in [-0.2, -0.15) is 0 Å². The van der Waals surface area contributed by atoms with Crippen molar-refractivity contribution in [3.05, 3.63) is 53.3 Å². The van der Waals surface area contributed by atoms with Crippen molar-refractivity contribution in [2.24, 2.45) is 5.84 Å². The fourth-order valence-electron chi connectivity index (χ4n) is 1.70. The van der Waals surface area contributed by atoms with Crippen LogP contribution in [-0.4, -0.2) is 10.9 Å². The molecule has 2 rings (SSSR count). The molecule has 1 heterocycles. The topological polar surface area (TPSA) is 80.0 Å². The lowest BCUT2D eigenvalue weighted by atomic mass is 10.1. The molecule has 2 aromatic rings. The van der Waals surface area contributed by atoms with Crippen LogP contribution < -0.4 is 16.6 Å². The van der Waals surface area contributed by atoms with E-state index < -0.39 is 0 Å². The SMILES string of the molecule is Cc1ccc(C)c(NC(=O)c2cc(NN)ccn2)c1. The summed E-state index contributed by atoms with van der Waals surface area (Å²) in [5.41, 5.74) is 6.33. The molecule has 0 radical (unpaired) electrons. The van der Waals surface area contributed by atoms with Gasteiger partial charge in [0.15, 0.2) is 0 Å². The minimum absolute atomic E-state index is 0.259. The number of carbonyl (C=O) groups is 1. The smallest absolute Gasteiger partial charge is 0.274 e. The van der Waals surface area contributed by atoms with Gasteiger partial charge in [-0.15, -0.1) is 0 Å². The third kappa shape index (κ3) is 3.08. The van der Waals surface area contributed by atoms with E-state index in [9.17, 15) is 4.79 Å². The van der Waals surface area contributed by atoms with Crippen LogP contribution in [0.25, 0.3) is 0 Å². The third-order valence-corrected chi connectivity index (χ3v) is 2.80. The van der Waals surface area contributed by atoms with Crippen LogP contribution in [0.4, 0.5) is 11.4 Å². The van der Waals surface area contributed by atoms with Crippen LogP contribution in [0.3, 0.4) is 0 Å². The highest BCUT2D eigenvalue weighted by Crippen LogP contribution is 2.17. The Morgan fingerprint density at radius 1 is 1.21 bits per heavy atom. The molecule has 5 nitrogen and oxygen atoms in total. The van der Waals surface area contributed by atoms with E-state index in [1.807, 2.05) is 32.0 Å². The Bertz CT molecular complexity index is 610. The van der Waals surface area contributed by atoms with Crippen LogP contribution in [0, 0.1) is 13.8 Å². The summed E-state index contributed by atoms with van der Waals surface area (Å²) >= 11 is 0. The van der Waals surface area contributed by atoms with Crippen LogP contribution in [0.15, 0.2) is 36.5 Å². The molecule has 19 heavy (non-hydrogen) atoms. The van der Waals surface area contributed by atoms with E-state index in [2.05, 4.69) is 15.7 Å². The molecule has 0 saturated carbocycles. The molecular weight excluding hydrogens is 240 g/mol. The monoisotopic (exact) mass is 256 g/mol. The van der Waals surface area contributed by atoms with Crippen molar-refractivity contribution in [1.82, 2.24) is 4.98 Å². The molecule has 0 aliphatic carbocycles. The number of nitrogen functional groups attached to an aromatic ring is 1. The number of aryl methyl sites for hydroxylation is 2. The predicted molar refractivity (Wildman–Crippen MR) is 75.9 cm³/mol. The van der Waals surface area contributed by atoms with Crippen molar-refractivity contribution in [2.75, 3.05) is 10.7 Å². The summed E-state index contributed by atoms with van der Waals surface area (Å²) in [6, 6.07) is 9.19. The van der Waals surface area contributed by atoms with Crippen molar-refractivity contribution < 1.29 is 4.79 Å². The Kier molecular flexibility index (Phi) is 3.77. The zero-order valence-corrected chi connectivity index (χ0v) is 10.9. The van der Waals surface area contributed by atoms with Gasteiger partial charge in [0, 0.05) is 11.9 Å². The summed E-state index contributed by atoms with van der Waals surface area (Å²) in [6.45, 7) is 3.92. The minimum Gasteiger partial charge on any atom is -0.324 e. The van der Waals surface area contributed by atoms with E-state index in [1.54, 1.807) is 12.1 Å². The second-order valence-corrected chi connectivity index (χ2v) is 4.35. The highest BCUT2D eigenvalue weighted by atomic mass is 16.1. The number of anilines is 2. The maximum absolute atomic E-state index is 12.1. The largest absolute Gasteiger partial charge is 0.324 e. The molecule has 0 unspecified atom stereocenters. The first-order valence-corrected chi connectivity index (χ1v) is 5.91. The number of hydrogen-bond donors (Lipinski definition) is 3. The van der Waals surface area contributed by atoms with Gasteiger partial charge in [-0.3, -0.25) is 15.6 Å². The number of nitrogens with zero attached hydrogens (tertiary/aromatic N) is 1. The number of pyridine rings is 1. The highest BCUT2D eigenvalue weighted by molar-refractivity contribution is 6.03. The maximum atomic E-state index is 12.1. The summed E-state index contributed by atoms with van der Waals surface area (Å²) in [5.74, 6) is 5.05. The molecule has 1 amide bonds. The van der Waals surface area contributed by atoms with Crippen LogP contribution >= 0.6 is 0 Å². The molecule has 1 aromatic heterocycles. The average Bonchev–Trinajstić information content (AvgIpc) is 2.43. The third-order valence-electron chi connectivity index (χ3n) is 2.80. The van der Waals surface area contributed by atoms with Gasteiger partial charge in [0.1, 0.15) is 5.69 Å². The van der Waals surface area contributed by atoms with E-state index in [4.69, 9.17) is 5.84 Å². The van der Waals surface area contributed by atoms with Crippen molar-refractivity contribution in [2.45, 2.75) is 13.8 Å². The van der Waals surface area contributed by atoms with Crippen LogP contribution in [0.2, 0.25) is 0 Å². The van der Waals surface area contributed by atoms with E-state index in [1.165, 1.54) is 6.20 Å². The van der Waals surface area contributed by atoms with Crippen molar-refractivity contribution >= 4 is 17.3 Å². The average molecular weight is 256 g/mol. The molecule has 0 atom stereocenters. The van der Waals surface area contributed by atoms with E-state index in [0.29, 0.717) is 11.4 Å². The van der Waals surface area contributed by atoms with Gasteiger partial charge >= 0.3 is 0 Å². The number of hydrogen-bond acceptors (Lipinski definition) is 4. The van der Waals surface area contributed by atoms with Gasteiger partial charge in [-0.05, 0) is 43.2 Å². The normalized spacial score (nSPS) is 10.1. The summed E-state index contributed by atoms with van der Waals surface area (Å²) in [4.78, 5) is 16.1. The van der Waals surface area contributed by atoms with Crippen molar-refractivity contribution in [3.63, 3.8) is 0 Å². The molecule has 98 valence electrons. The number of carbonyl (C=O) groups excluding carboxylic acids is 1. The quantitative estimate of drug-likeness (QED) is 0.581. The van der Waals surface area contributed by atoms with Gasteiger partial charge in [0.2, 0.25) is 0 Å². The van der Waals surface area contributed by atoms with Crippen molar-refractivity contribution in [3.8, 4) is 0 Å². The lowest BCUT2D eigenvalue weighted by molar-refractivity contribution is 0.102. The van der Waals surface area contributed by atoms with Crippen LogP contribution in [0.1, 0.15) is 21.6 Å². The van der Waals surface area contributed by atoms with Gasteiger partial charge in [-0.1, -0.05) is 12.1 Å². The fourth-order valence-corrected chi connectivity index (χ4v) is 1.70. The second-order valence-electron chi connectivity index (χ2n) is 4.35. The lowest BCUT2D eigenvalue weighted by Crippen LogP contribution is -2.15. The Morgan fingerprint density at radius 2 is 2.00 bits per heavy atom. The van der Waals surface area contributed by atoms with E-state index >= 15 is 0 Å². The highest BCUT2D eigenvalue weighted by Gasteiger charge is 2.09. The number of hydrazine groups is 1. The molecule has 5 heteroatoms. The first-order valence-electron chi connectivity index (χ1n) is 5.91. The molecule has 0 saturated heterocycles. The zero-order valence-electron chi connectivity index (χ0n) is 10.9. The standard InChI is InChI=1S/C14H16N4O/c1-9-3-4-10(2)12(7-9)17-14(19)13-8-11(18-15)5-6-16-13/h3-8H,15H2,1-2H3,(H,16,18)(H,17,19). The Hall–Kier alpha value is -2.40. The van der Waals surface area contributed by atoms with Gasteiger partial charge in [-0.25, -0.2) is 0 Å². The summed E-state index contributed by atoms with van der Waals surface area (Å²) in [6.07, 6.45) is 1.53. The second kappa shape index (κ2) is 5.49. The zero-order chi connectivity index (χ0) is 13.8. The minimum atomic E-state index is -0.259. The summed E-state index contributed by atoms with van der Waals surface area (Å²) in [7, 11) is 0. The number of rotatable bonds is 3. The summed E-state index contributed by atoms with van der Waals surface area (Å²) < 4.78 is 0. The van der Waals surface area contributed by atoms with E-state index in [-0.39, 0.29) is 5.91 Å². The van der Waals surface area contributed by atoms with E-state index in [0.717, 1.165) is 16.8 Å². The molecule has 0 fully saturated rings. The Labute approximate surface area is 111 Å².